The van der Waals surface area contributed by atoms with Crippen LogP contribution in [0, 0.1) is 5.92 Å². The first kappa shape index (κ1) is 35.6. The number of fused-ring (bicyclic) bond motifs is 2. The van der Waals surface area contributed by atoms with E-state index in [1.54, 1.807) is 25.6 Å². The second kappa shape index (κ2) is 14.9. The van der Waals surface area contributed by atoms with Gasteiger partial charge in [-0.25, -0.2) is 9.59 Å². The van der Waals surface area contributed by atoms with E-state index in [0.29, 0.717) is 24.2 Å². The largest absolute Gasteiger partial charge is 0.479 e. The van der Waals surface area contributed by atoms with Crippen molar-refractivity contribution < 1.29 is 29.0 Å². The van der Waals surface area contributed by atoms with Crippen LogP contribution in [0.25, 0.3) is 23.4 Å². The fourth-order valence-corrected chi connectivity index (χ4v) is 6.85. The predicted octanol–water partition coefficient (Wildman–Crippen LogP) is 5.63. The van der Waals surface area contributed by atoms with Gasteiger partial charge in [-0.2, -0.15) is 15.0 Å². The molecule has 2 aromatic carbocycles. The highest BCUT2D eigenvalue weighted by Gasteiger charge is 2.61. The Balaban J connectivity index is 1.35. The Kier molecular flexibility index (Phi) is 10.4. The minimum absolute atomic E-state index is 0.0809. The van der Waals surface area contributed by atoms with Crippen LogP contribution in [0.4, 0.5) is 4.79 Å². The molecular weight excluding hydrogens is 648 g/mol. The number of aromatic nitrogens is 3. The number of ether oxygens (including phenoxy) is 1. The lowest BCUT2D eigenvalue weighted by molar-refractivity contribution is -0.145. The lowest BCUT2D eigenvalue weighted by Crippen LogP contribution is -2.56. The van der Waals surface area contributed by atoms with Gasteiger partial charge in [0.25, 0.3) is 0 Å². The number of carbonyl (C=O) groups excluding carboxylic acids is 3. The molecule has 6 rings (SSSR count). The highest BCUT2D eigenvalue weighted by molar-refractivity contribution is 5.96. The molecule has 12 heteroatoms. The summed E-state index contributed by atoms with van der Waals surface area (Å²) in [5, 5.41) is 25.6. The maximum absolute atomic E-state index is 14.4. The number of carboxylic acid groups (broad SMARTS) is 1. The molecule has 3 heterocycles. The molecule has 2 fully saturated rings. The van der Waals surface area contributed by atoms with Crippen molar-refractivity contribution in [2.45, 2.75) is 95.0 Å². The molecule has 5 atom stereocenters. The van der Waals surface area contributed by atoms with E-state index in [1.807, 2.05) is 85.0 Å². The lowest BCUT2D eigenvalue weighted by Gasteiger charge is -2.30. The Bertz CT molecular complexity index is 1800. The molecule has 12 nitrogen and oxygen atoms in total. The van der Waals surface area contributed by atoms with Gasteiger partial charge in [0.2, 0.25) is 11.8 Å². The van der Waals surface area contributed by atoms with Crippen LogP contribution in [0.5, 0.6) is 0 Å². The van der Waals surface area contributed by atoms with Crippen LogP contribution in [0.15, 0.2) is 72.8 Å². The number of hydrogen-bond donors (Lipinski definition) is 3. The van der Waals surface area contributed by atoms with E-state index >= 15 is 0 Å². The smallest absolute Gasteiger partial charge is 0.408 e. The van der Waals surface area contributed by atoms with Crippen molar-refractivity contribution in [1.82, 2.24) is 30.5 Å². The summed E-state index contributed by atoms with van der Waals surface area (Å²) in [5.74, 6) is -2.45. The average Bonchev–Trinajstić information content (AvgIpc) is 3.40. The number of carboxylic acids is 1. The maximum atomic E-state index is 14.4. The van der Waals surface area contributed by atoms with Crippen LogP contribution in [-0.4, -0.2) is 78.6 Å². The number of nitrogens with zero attached hydrogens (tertiary/aromatic N) is 4. The van der Waals surface area contributed by atoms with Gasteiger partial charge in [0.1, 0.15) is 34.6 Å². The van der Waals surface area contributed by atoms with Crippen LogP contribution in [-0.2, 0) is 19.1 Å². The first-order valence-electron chi connectivity index (χ1n) is 17.7. The summed E-state index contributed by atoms with van der Waals surface area (Å²) in [7, 11) is 0. The normalized spacial score (nSPS) is 26.3. The third-order valence-corrected chi connectivity index (χ3v) is 9.59. The van der Waals surface area contributed by atoms with Crippen molar-refractivity contribution in [3.8, 4) is 11.3 Å². The molecule has 1 saturated heterocycles. The number of allylic oxidation sites excluding steroid dienone is 1. The van der Waals surface area contributed by atoms with Crippen molar-refractivity contribution >= 4 is 36.0 Å². The Morgan fingerprint density at radius 1 is 1.00 bits per heavy atom. The van der Waals surface area contributed by atoms with Crippen LogP contribution in [0.1, 0.15) is 83.0 Å². The minimum Gasteiger partial charge on any atom is -0.479 e. The van der Waals surface area contributed by atoms with Gasteiger partial charge in [-0.3, -0.25) is 9.59 Å². The third kappa shape index (κ3) is 8.38. The number of carbonyl (C=O) groups is 4. The van der Waals surface area contributed by atoms with Crippen LogP contribution < -0.4 is 10.6 Å². The van der Waals surface area contributed by atoms with Gasteiger partial charge in [-0.05, 0) is 58.1 Å². The molecule has 0 unspecified atom stereocenters. The fourth-order valence-electron chi connectivity index (χ4n) is 6.85. The van der Waals surface area contributed by atoms with Crippen molar-refractivity contribution in [3.05, 3.63) is 84.1 Å². The van der Waals surface area contributed by atoms with E-state index in [2.05, 4.69) is 10.6 Å². The van der Waals surface area contributed by atoms with E-state index in [0.717, 1.165) is 30.4 Å². The van der Waals surface area contributed by atoms with Crippen molar-refractivity contribution in [2.24, 2.45) is 5.92 Å². The van der Waals surface area contributed by atoms with Crippen molar-refractivity contribution in [2.75, 3.05) is 6.54 Å². The number of benzene rings is 2. The second-order valence-electron chi connectivity index (χ2n) is 14.6. The zero-order chi connectivity index (χ0) is 36.2. The Hall–Kier alpha value is -5.26. The number of nitrogens with one attached hydrogen (secondary N) is 2. The molecular formula is C39H46N6O6. The molecule has 1 saturated carbocycles. The lowest BCUT2D eigenvalue weighted by atomic mass is 10.0. The summed E-state index contributed by atoms with van der Waals surface area (Å²) in [6.45, 7) is 5.32. The maximum Gasteiger partial charge on any atom is 0.408 e. The molecule has 51 heavy (non-hydrogen) atoms. The van der Waals surface area contributed by atoms with E-state index in [1.165, 1.54) is 4.90 Å². The first-order valence-corrected chi connectivity index (χ1v) is 17.7. The summed E-state index contributed by atoms with van der Waals surface area (Å²) in [6, 6.07) is 17.0. The highest BCUT2D eigenvalue weighted by atomic mass is 16.6. The molecule has 2 aliphatic heterocycles. The van der Waals surface area contributed by atoms with Gasteiger partial charge in [0, 0.05) is 24.4 Å². The van der Waals surface area contributed by atoms with E-state index in [4.69, 9.17) is 14.9 Å². The zero-order valence-electron chi connectivity index (χ0n) is 29.3. The number of rotatable bonds is 6. The van der Waals surface area contributed by atoms with Crippen LogP contribution in [0.2, 0.25) is 0 Å². The van der Waals surface area contributed by atoms with Gasteiger partial charge in [0.05, 0.1) is 6.04 Å². The molecule has 0 spiro atoms. The quantitative estimate of drug-likeness (QED) is 0.281. The molecule has 0 radical (unpaired) electrons. The summed E-state index contributed by atoms with van der Waals surface area (Å²) < 4.78 is 5.50. The second-order valence-corrected chi connectivity index (χ2v) is 14.6. The van der Waals surface area contributed by atoms with Crippen molar-refractivity contribution in [1.29, 1.82) is 0 Å². The molecule has 3 aromatic rings. The molecule has 268 valence electrons. The van der Waals surface area contributed by atoms with Gasteiger partial charge in [-0.15, -0.1) is 0 Å². The Labute approximate surface area is 297 Å². The third-order valence-electron chi connectivity index (χ3n) is 9.59. The van der Waals surface area contributed by atoms with Crippen molar-refractivity contribution in [3.63, 3.8) is 0 Å². The first-order chi connectivity index (χ1) is 24.4. The SMILES string of the molecule is CC(C)(C)OC(=O)N[C@@H]1CCCCC/C=C\[C@@H]2C[C@]2(C(=O)O)NC(=O)[C@@H]2C[C@H](n3nc(/C=C/c4ccccc4)c(-c4ccccc4)n3)CN2C1=O. The van der Waals surface area contributed by atoms with E-state index in [9.17, 15) is 24.3 Å². The molecule has 3 amide bonds. The number of aliphatic carboxylic acids is 1. The van der Waals surface area contributed by atoms with E-state index < -0.39 is 53.1 Å². The zero-order valence-corrected chi connectivity index (χ0v) is 29.3. The summed E-state index contributed by atoms with van der Waals surface area (Å²) in [6.07, 6.45) is 10.8. The summed E-state index contributed by atoms with van der Waals surface area (Å²) >= 11 is 0. The number of amides is 3. The van der Waals surface area contributed by atoms with Gasteiger partial charge in [-0.1, -0.05) is 91.7 Å². The Morgan fingerprint density at radius 3 is 2.43 bits per heavy atom. The molecule has 1 aliphatic carbocycles. The standard InChI is InChI=1S/C39H46N6O6/c1-38(2,3)51-37(50)40-31-20-14-6-4-5-13-19-28-24-39(28,36(48)49)41-34(46)32-23-29(25-44(32)35(31)47)45-42-30(22-21-26-15-9-7-10-16-26)33(43-45)27-17-11-8-12-18-27/h7-13,15-19,21-22,28-29,31-32H,4-6,14,20,23-25H2,1-3H3,(H,40,50)(H,41,46)(H,48,49)/b19-13-,22-21+/t28-,29+,31-,32+,39+/m1/s1. The summed E-state index contributed by atoms with van der Waals surface area (Å²) in [5.41, 5.74) is 0.896. The average molecular weight is 695 g/mol. The van der Waals surface area contributed by atoms with Crippen LogP contribution in [0.3, 0.4) is 0 Å². The monoisotopic (exact) mass is 694 g/mol. The van der Waals surface area contributed by atoms with Gasteiger partial charge >= 0.3 is 12.1 Å². The Morgan fingerprint density at radius 2 is 1.73 bits per heavy atom. The number of alkyl carbamates (subject to hydrolysis) is 1. The fraction of sp³-hybridized carbons (Fsp3) is 0.436. The molecule has 0 bridgehead atoms. The topological polar surface area (TPSA) is 156 Å². The van der Waals surface area contributed by atoms with E-state index in [-0.39, 0.29) is 25.3 Å². The molecule has 1 aromatic heterocycles. The number of hydrogen-bond acceptors (Lipinski definition) is 7. The minimum atomic E-state index is -1.44. The van der Waals surface area contributed by atoms with Gasteiger partial charge < -0.3 is 25.4 Å². The summed E-state index contributed by atoms with van der Waals surface area (Å²) in [4.78, 5) is 57.0. The van der Waals surface area contributed by atoms with Gasteiger partial charge in [0.15, 0.2) is 0 Å². The highest BCUT2D eigenvalue weighted by Crippen LogP contribution is 2.45. The van der Waals surface area contributed by atoms with Crippen LogP contribution >= 0.6 is 0 Å². The predicted molar refractivity (Wildman–Crippen MR) is 192 cm³/mol. The molecule has 3 N–H and O–H groups in total. The molecule has 3 aliphatic rings.